The van der Waals surface area contributed by atoms with E-state index in [-0.39, 0.29) is 12.3 Å². The summed E-state index contributed by atoms with van der Waals surface area (Å²) in [4.78, 5) is 27.2. The quantitative estimate of drug-likeness (QED) is 0.856. The van der Waals surface area contributed by atoms with Crippen molar-refractivity contribution in [1.82, 2.24) is 10.3 Å². The molecule has 1 fully saturated rings. The van der Waals surface area contributed by atoms with Crippen LogP contribution in [0.4, 0.5) is 0 Å². The van der Waals surface area contributed by atoms with Gasteiger partial charge in [-0.05, 0) is 12.8 Å². The summed E-state index contributed by atoms with van der Waals surface area (Å²) in [5.74, 6) is -1.08. The number of thiazole rings is 1. The molecule has 0 unspecified atom stereocenters. The van der Waals surface area contributed by atoms with Gasteiger partial charge in [0.1, 0.15) is 4.88 Å². The fourth-order valence-corrected chi connectivity index (χ4v) is 2.83. The van der Waals surface area contributed by atoms with Gasteiger partial charge in [0.25, 0.3) is 5.91 Å². The van der Waals surface area contributed by atoms with Crippen LogP contribution in [0.2, 0.25) is 0 Å². The zero-order valence-electron chi connectivity index (χ0n) is 9.31. The topological polar surface area (TPSA) is 79.3 Å². The molecule has 0 aromatic carbocycles. The Hall–Kier alpha value is -1.43. The number of aliphatic carboxylic acids is 1. The number of aromatic nitrogens is 1. The number of nitrogens with one attached hydrogen (secondary N) is 1. The van der Waals surface area contributed by atoms with E-state index in [1.165, 1.54) is 17.5 Å². The molecule has 0 spiro atoms. The molecule has 0 radical (unpaired) electrons. The Morgan fingerprint density at radius 2 is 2.18 bits per heavy atom. The summed E-state index contributed by atoms with van der Waals surface area (Å²) in [5.41, 5.74) is 1.03. The number of amides is 1. The summed E-state index contributed by atoms with van der Waals surface area (Å²) in [7, 11) is 0. The number of carboxylic acids is 1. The molecule has 2 N–H and O–H groups in total. The molecule has 1 aliphatic carbocycles. The third-order valence-electron chi connectivity index (χ3n) is 3.09. The first-order valence-corrected chi connectivity index (χ1v) is 6.42. The minimum atomic E-state index is -0.864. The van der Waals surface area contributed by atoms with E-state index in [0.29, 0.717) is 4.88 Å². The van der Waals surface area contributed by atoms with E-state index in [1.54, 1.807) is 5.51 Å². The maximum atomic E-state index is 11.9. The Labute approximate surface area is 103 Å². The molecule has 0 saturated heterocycles. The van der Waals surface area contributed by atoms with Crippen LogP contribution in [0.5, 0.6) is 0 Å². The van der Waals surface area contributed by atoms with Crippen molar-refractivity contribution in [1.29, 1.82) is 0 Å². The molecule has 0 aliphatic heterocycles. The molecule has 6 heteroatoms. The summed E-state index contributed by atoms with van der Waals surface area (Å²) in [6, 6.07) is 0. The van der Waals surface area contributed by atoms with Crippen molar-refractivity contribution in [2.75, 3.05) is 0 Å². The number of carboxylic acid groups (broad SMARTS) is 1. The van der Waals surface area contributed by atoms with Crippen molar-refractivity contribution < 1.29 is 14.7 Å². The van der Waals surface area contributed by atoms with Gasteiger partial charge in [-0.25, -0.2) is 0 Å². The van der Waals surface area contributed by atoms with Gasteiger partial charge in [0.05, 0.1) is 23.7 Å². The van der Waals surface area contributed by atoms with Crippen LogP contribution in [0, 0.1) is 0 Å². The van der Waals surface area contributed by atoms with Crippen LogP contribution in [0.1, 0.15) is 41.8 Å². The third kappa shape index (κ3) is 2.82. The van der Waals surface area contributed by atoms with Gasteiger partial charge in [0.15, 0.2) is 0 Å². The van der Waals surface area contributed by atoms with Crippen molar-refractivity contribution >= 4 is 23.2 Å². The van der Waals surface area contributed by atoms with Crippen molar-refractivity contribution in [3.63, 3.8) is 0 Å². The van der Waals surface area contributed by atoms with Crippen LogP contribution in [-0.4, -0.2) is 27.5 Å². The number of hydrogen-bond donors (Lipinski definition) is 2. The molecule has 92 valence electrons. The predicted molar refractivity (Wildman–Crippen MR) is 63.0 cm³/mol. The zero-order valence-corrected chi connectivity index (χ0v) is 10.1. The first kappa shape index (κ1) is 12.0. The molecule has 17 heavy (non-hydrogen) atoms. The van der Waals surface area contributed by atoms with E-state index >= 15 is 0 Å². The SMILES string of the molecule is O=C(O)CC1(NC(=O)c2cncs2)CCCC1. The number of carbonyl (C=O) groups excluding carboxylic acids is 1. The second-order valence-electron chi connectivity index (χ2n) is 4.38. The summed E-state index contributed by atoms with van der Waals surface area (Å²) in [6.07, 6.45) is 4.92. The minimum absolute atomic E-state index is 0.00244. The minimum Gasteiger partial charge on any atom is -0.481 e. The molecule has 1 aliphatic rings. The Morgan fingerprint density at radius 3 is 2.71 bits per heavy atom. The van der Waals surface area contributed by atoms with Gasteiger partial charge >= 0.3 is 5.97 Å². The first-order chi connectivity index (χ1) is 8.11. The van der Waals surface area contributed by atoms with Crippen molar-refractivity contribution in [2.24, 2.45) is 0 Å². The lowest BCUT2D eigenvalue weighted by molar-refractivity contribution is -0.138. The highest BCUT2D eigenvalue weighted by Crippen LogP contribution is 2.33. The largest absolute Gasteiger partial charge is 0.481 e. The van der Waals surface area contributed by atoms with Crippen LogP contribution >= 0.6 is 11.3 Å². The average Bonchev–Trinajstić information content (AvgIpc) is 2.86. The summed E-state index contributed by atoms with van der Waals surface area (Å²) in [6.45, 7) is 0. The Bertz CT molecular complexity index is 410. The van der Waals surface area contributed by atoms with Crippen molar-refractivity contribution in [3.05, 3.63) is 16.6 Å². The molecule has 2 rings (SSSR count). The van der Waals surface area contributed by atoms with E-state index in [9.17, 15) is 9.59 Å². The summed E-state index contributed by atoms with van der Waals surface area (Å²) < 4.78 is 0. The first-order valence-electron chi connectivity index (χ1n) is 5.54. The van der Waals surface area contributed by atoms with Gasteiger partial charge in [-0.15, -0.1) is 11.3 Å². The molecule has 1 saturated carbocycles. The van der Waals surface area contributed by atoms with E-state index in [2.05, 4.69) is 10.3 Å². The van der Waals surface area contributed by atoms with Crippen LogP contribution in [0.15, 0.2) is 11.7 Å². The third-order valence-corrected chi connectivity index (χ3v) is 3.86. The molecule has 1 amide bonds. The van der Waals surface area contributed by atoms with Gasteiger partial charge in [0.2, 0.25) is 0 Å². The maximum Gasteiger partial charge on any atom is 0.305 e. The van der Waals surface area contributed by atoms with Gasteiger partial charge in [-0.2, -0.15) is 0 Å². The van der Waals surface area contributed by atoms with Crippen LogP contribution in [0.25, 0.3) is 0 Å². The molecule has 0 bridgehead atoms. The molecule has 5 nitrogen and oxygen atoms in total. The molecule has 1 aromatic rings. The number of rotatable bonds is 4. The summed E-state index contributed by atoms with van der Waals surface area (Å²) >= 11 is 1.26. The highest BCUT2D eigenvalue weighted by molar-refractivity contribution is 7.11. The average molecular weight is 254 g/mol. The van der Waals surface area contributed by atoms with E-state index in [0.717, 1.165) is 25.7 Å². The summed E-state index contributed by atoms with van der Waals surface area (Å²) in [5, 5.41) is 11.8. The Balaban J connectivity index is 2.08. The molecular weight excluding hydrogens is 240 g/mol. The smallest absolute Gasteiger partial charge is 0.305 e. The van der Waals surface area contributed by atoms with Crippen molar-refractivity contribution in [3.8, 4) is 0 Å². The predicted octanol–water partition coefficient (Wildman–Crippen LogP) is 1.66. The van der Waals surface area contributed by atoms with Gasteiger partial charge in [-0.3, -0.25) is 14.6 Å². The second kappa shape index (κ2) is 4.83. The molecule has 0 atom stereocenters. The lowest BCUT2D eigenvalue weighted by Crippen LogP contribution is -2.47. The Kier molecular flexibility index (Phi) is 3.42. The van der Waals surface area contributed by atoms with Gasteiger partial charge in [-0.1, -0.05) is 12.8 Å². The van der Waals surface area contributed by atoms with E-state index < -0.39 is 11.5 Å². The van der Waals surface area contributed by atoms with E-state index in [4.69, 9.17) is 5.11 Å². The normalized spacial score (nSPS) is 17.9. The molecular formula is C11H14N2O3S. The number of nitrogens with zero attached hydrogens (tertiary/aromatic N) is 1. The van der Waals surface area contributed by atoms with Crippen LogP contribution in [0.3, 0.4) is 0 Å². The lowest BCUT2D eigenvalue weighted by atomic mass is 9.93. The monoisotopic (exact) mass is 254 g/mol. The van der Waals surface area contributed by atoms with Gasteiger partial charge in [0, 0.05) is 0 Å². The van der Waals surface area contributed by atoms with Gasteiger partial charge < -0.3 is 10.4 Å². The Morgan fingerprint density at radius 1 is 1.47 bits per heavy atom. The highest BCUT2D eigenvalue weighted by Gasteiger charge is 2.37. The molecule has 1 aromatic heterocycles. The van der Waals surface area contributed by atoms with Crippen LogP contribution < -0.4 is 5.32 Å². The fourth-order valence-electron chi connectivity index (χ4n) is 2.32. The molecule has 1 heterocycles. The maximum absolute atomic E-state index is 11.9. The number of hydrogen-bond acceptors (Lipinski definition) is 4. The van der Waals surface area contributed by atoms with E-state index in [1.807, 2.05) is 0 Å². The number of carbonyl (C=O) groups is 2. The standard InChI is InChI=1S/C11H14N2O3S/c14-9(15)5-11(3-1-2-4-11)13-10(16)8-6-12-7-17-8/h6-7H,1-5H2,(H,13,16)(H,14,15). The highest BCUT2D eigenvalue weighted by atomic mass is 32.1. The zero-order chi connectivity index (χ0) is 12.3. The van der Waals surface area contributed by atoms with Crippen LogP contribution in [-0.2, 0) is 4.79 Å². The second-order valence-corrected chi connectivity index (χ2v) is 5.26. The fraction of sp³-hybridized carbons (Fsp3) is 0.545. The van der Waals surface area contributed by atoms with Crippen molar-refractivity contribution in [2.45, 2.75) is 37.6 Å². The lowest BCUT2D eigenvalue weighted by Gasteiger charge is -2.28.